The highest BCUT2D eigenvalue weighted by atomic mass is 35.5. The lowest BCUT2D eigenvalue weighted by Crippen LogP contribution is -2.22. The molecule has 4 rings (SSSR count). The Balaban J connectivity index is 1.39. The van der Waals surface area contributed by atoms with Crippen LogP contribution in [0.3, 0.4) is 0 Å². The van der Waals surface area contributed by atoms with Gasteiger partial charge in [0.2, 0.25) is 0 Å². The fourth-order valence-electron chi connectivity index (χ4n) is 3.50. The number of thiazole rings is 1. The van der Waals surface area contributed by atoms with E-state index in [1.54, 1.807) is 24.0 Å². The number of carbonyl (C=O) groups excluding carboxylic acids is 2. The molecule has 1 aliphatic rings. The molecule has 0 saturated heterocycles. The van der Waals surface area contributed by atoms with Gasteiger partial charge in [-0.25, -0.2) is 9.78 Å². The Morgan fingerprint density at radius 2 is 1.90 bits per heavy atom. The molecule has 1 fully saturated rings. The van der Waals surface area contributed by atoms with Gasteiger partial charge in [-0.1, -0.05) is 54.0 Å². The summed E-state index contributed by atoms with van der Waals surface area (Å²) in [6.07, 6.45) is 6.99. The van der Waals surface area contributed by atoms with Crippen molar-refractivity contribution in [2.75, 3.05) is 10.6 Å². The van der Waals surface area contributed by atoms with Crippen molar-refractivity contribution >= 4 is 57.3 Å². The zero-order valence-corrected chi connectivity index (χ0v) is 19.0. The van der Waals surface area contributed by atoms with Crippen LogP contribution in [-0.2, 0) is 5.75 Å². The average molecular weight is 473 g/mol. The first-order chi connectivity index (χ1) is 15.1. The molecule has 0 spiro atoms. The molecule has 0 aliphatic heterocycles. The van der Waals surface area contributed by atoms with Crippen LogP contribution in [0.4, 0.5) is 15.6 Å². The molecule has 6 nitrogen and oxygen atoms in total. The number of nitrogens with zero attached hydrogens (tertiary/aromatic N) is 2. The molecule has 2 heterocycles. The molecular weight excluding hydrogens is 452 g/mol. The molecule has 31 heavy (non-hydrogen) atoms. The molecule has 0 radical (unpaired) electrons. The number of rotatable bonds is 7. The Morgan fingerprint density at radius 3 is 2.68 bits per heavy atom. The number of hydrogen-bond donors (Lipinski definition) is 2. The van der Waals surface area contributed by atoms with E-state index in [0.29, 0.717) is 26.5 Å². The second kappa shape index (κ2) is 10.3. The maximum absolute atomic E-state index is 12.8. The summed E-state index contributed by atoms with van der Waals surface area (Å²) in [5, 5.41) is 5.88. The summed E-state index contributed by atoms with van der Waals surface area (Å²) in [6.45, 7) is 0. The van der Waals surface area contributed by atoms with Crippen LogP contribution in [0.5, 0.6) is 0 Å². The average Bonchev–Trinajstić information content (AvgIpc) is 3.43. The Labute approximate surface area is 193 Å². The Morgan fingerprint density at radius 1 is 1.13 bits per heavy atom. The van der Waals surface area contributed by atoms with E-state index in [0.717, 1.165) is 36.3 Å². The molecule has 3 aromatic rings. The summed E-state index contributed by atoms with van der Waals surface area (Å²) in [5.41, 5.74) is 1.62. The van der Waals surface area contributed by atoms with E-state index < -0.39 is 6.03 Å². The van der Waals surface area contributed by atoms with Crippen molar-refractivity contribution in [3.63, 3.8) is 0 Å². The van der Waals surface area contributed by atoms with Gasteiger partial charge in [-0.05, 0) is 31.0 Å². The Bertz CT molecular complexity index is 1070. The number of amides is 2. The molecule has 1 saturated carbocycles. The first-order valence-corrected chi connectivity index (χ1v) is 12.2. The van der Waals surface area contributed by atoms with Crippen molar-refractivity contribution in [2.45, 2.75) is 36.3 Å². The van der Waals surface area contributed by atoms with E-state index >= 15 is 0 Å². The number of urea groups is 1. The van der Waals surface area contributed by atoms with Crippen molar-refractivity contribution in [3.05, 3.63) is 64.4 Å². The third-order valence-electron chi connectivity index (χ3n) is 5.05. The third kappa shape index (κ3) is 5.64. The zero-order valence-electron chi connectivity index (χ0n) is 16.6. The highest BCUT2D eigenvalue weighted by molar-refractivity contribution is 7.98. The topological polar surface area (TPSA) is 84.0 Å². The largest absolute Gasteiger partial charge is 0.325 e. The van der Waals surface area contributed by atoms with E-state index in [1.807, 2.05) is 30.3 Å². The van der Waals surface area contributed by atoms with Crippen LogP contribution in [0.1, 0.15) is 41.7 Å². The number of carbonyl (C=O) groups is 2. The maximum atomic E-state index is 12.8. The second-order valence-corrected chi connectivity index (χ2v) is 9.84. The summed E-state index contributed by atoms with van der Waals surface area (Å²) in [5.74, 6) is 0.654. The van der Waals surface area contributed by atoms with Gasteiger partial charge in [-0.3, -0.25) is 15.1 Å². The summed E-state index contributed by atoms with van der Waals surface area (Å²) in [6, 6.07) is 11.1. The van der Waals surface area contributed by atoms with Crippen molar-refractivity contribution < 1.29 is 9.59 Å². The number of ketones is 1. The quantitative estimate of drug-likeness (QED) is 0.303. The van der Waals surface area contributed by atoms with E-state index in [1.165, 1.54) is 17.5 Å². The number of benzene rings is 1. The Kier molecular flexibility index (Phi) is 7.21. The highest BCUT2D eigenvalue weighted by Crippen LogP contribution is 2.33. The number of halogens is 1. The lowest BCUT2D eigenvalue weighted by molar-refractivity contribution is 0.0923. The lowest BCUT2D eigenvalue weighted by Gasteiger charge is -2.13. The van der Waals surface area contributed by atoms with Gasteiger partial charge in [0.15, 0.2) is 10.9 Å². The summed E-state index contributed by atoms with van der Waals surface area (Å²) in [4.78, 5) is 35.0. The predicted octanol–water partition coefficient (Wildman–Crippen LogP) is 6.50. The van der Waals surface area contributed by atoms with E-state index in [4.69, 9.17) is 11.6 Å². The van der Waals surface area contributed by atoms with E-state index in [2.05, 4.69) is 20.6 Å². The second-order valence-electron chi connectivity index (χ2n) is 7.19. The minimum atomic E-state index is -0.473. The minimum absolute atomic E-state index is 0.00949. The van der Waals surface area contributed by atoms with Gasteiger partial charge < -0.3 is 5.32 Å². The lowest BCUT2D eigenvalue weighted by atomic mass is 9.96. The first kappa shape index (κ1) is 21.8. The van der Waals surface area contributed by atoms with Crippen molar-refractivity contribution in [2.24, 2.45) is 5.92 Å². The van der Waals surface area contributed by atoms with Crippen LogP contribution in [0.15, 0.2) is 53.7 Å². The molecule has 9 heteroatoms. The van der Waals surface area contributed by atoms with E-state index in [-0.39, 0.29) is 11.7 Å². The normalized spacial score (nSPS) is 13.8. The van der Waals surface area contributed by atoms with Crippen molar-refractivity contribution in [1.29, 1.82) is 0 Å². The maximum Gasteiger partial charge on any atom is 0.325 e. The monoisotopic (exact) mass is 472 g/mol. The number of hydrogen-bond acceptors (Lipinski definition) is 6. The first-order valence-electron chi connectivity index (χ1n) is 9.99. The van der Waals surface area contributed by atoms with Gasteiger partial charge in [0.1, 0.15) is 4.34 Å². The van der Waals surface area contributed by atoms with Gasteiger partial charge in [0.25, 0.3) is 0 Å². The molecule has 2 aromatic heterocycles. The van der Waals surface area contributed by atoms with Crippen LogP contribution in [-0.4, -0.2) is 21.8 Å². The fourth-order valence-corrected chi connectivity index (χ4v) is 5.57. The number of aromatic nitrogens is 2. The van der Waals surface area contributed by atoms with Crippen LogP contribution < -0.4 is 10.6 Å². The minimum Gasteiger partial charge on any atom is -0.307 e. The molecule has 160 valence electrons. The molecule has 2 amide bonds. The smallest absolute Gasteiger partial charge is 0.307 e. The molecule has 0 atom stereocenters. The number of Topliss-reactive ketones (excluding diaryl/α,β-unsaturated/α-hetero) is 1. The molecule has 2 N–H and O–H groups in total. The zero-order chi connectivity index (χ0) is 21.6. The number of anilines is 2. The van der Waals surface area contributed by atoms with Gasteiger partial charge in [-0.15, -0.1) is 11.8 Å². The standard InChI is InChI=1S/C22H21ClN4O2S2/c23-20-18(13-30-15-8-2-1-3-9-15)26-22(31-20)27-21(29)25-17-10-11-24-12-16(17)19(28)14-6-4-5-7-14/h1-3,8-12,14H,4-7,13H2,(H2,24,25,26,27,29). The SMILES string of the molecule is O=C(Nc1nc(CSc2ccccc2)c(Cl)s1)Nc1ccncc1C(=O)C1CCCC1. The molecule has 1 aliphatic carbocycles. The highest BCUT2D eigenvalue weighted by Gasteiger charge is 2.26. The van der Waals surface area contributed by atoms with Crippen LogP contribution in [0.2, 0.25) is 4.34 Å². The predicted molar refractivity (Wildman–Crippen MR) is 126 cm³/mol. The molecule has 0 unspecified atom stereocenters. The molecular formula is C22H21ClN4O2S2. The van der Waals surface area contributed by atoms with Crippen molar-refractivity contribution in [3.8, 4) is 0 Å². The van der Waals surface area contributed by atoms with Gasteiger partial charge in [0.05, 0.1) is 16.9 Å². The van der Waals surface area contributed by atoms with Gasteiger partial charge >= 0.3 is 6.03 Å². The number of pyridine rings is 1. The number of nitrogens with one attached hydrogen (secondary N) is 2. The molecule has 1 aromatic carbocycles. The molecule has 0 bridgehead atoms. The van der Waals surface area contributed by atoms with E-state index in [9.17, 15) is 9.59 Å². The summed E-state index contributed by atoms with van der Waals surface area (Å²) >= 11 is 9.15. The van der Waals surface area contributed by atoms with Gasteiger partial charge in [0, 0.05) is 29.0 Å². The van der Waals surface area contributed by atoms with Crippen LogP contribution in [0, 0.1) is 5.92 Å². The van der Waals surface area contributed by atoms with Gasteiger partial charge in [-0.2, -0.15) is 0 Å². The summed E-state index contributed by atoms with van der Waals surface area (Å²) in [7, 11) is 0. The fraction of sp³-hybridized carbons (Fsp3) is 0.273. The number of thioether (sulfide) groups is 1. The summed E-state index contributed by atoms with van der Waals surface area (Å²) < 4.78 is 0.541. The third-order valence-corrected chi connectivity index (χ3v) is 7.32. The van der Waals surface area contributed by atoms with Crippen molar-refractivity contribution in [1.82, 2.24) is 9.97 Å². The van der Waals surface area contributed by atoms with Crippen LogP contribution >= 0.6 is 34.7 Å². The van der Waals surface area contributed by atoms with Crippen LogP contribution in [0.25, 0.3) is 0 Å². The Hall–Kier alpha value is -2.42.